The minimum atomic E-state index is -0.347. The Labute approximate surface area is 135 Å². The standard InChI is InChI=1S/C18H19N3O2/c1-4-13-5-7-14(8-6-13)12(2)18(22)21-17-15(11-19)16(23-3)9-10-20-17/h5-10,12H,4H2,1-3H3,(H,20,21,22). The highest BCUT2D eigenvalue weighted by atomic mass is 16.5. The number of nitrogens with one attached hydrogen (secondary N) is 1. The monoisotopic (exact) mass is 309 g/mol. The summed E-state index contributed by atoms with van der Waals surface area (Å²) in [5.41, 5.74) is 2.36. The lowest BCUT2D eigenvalue weighted by molar-refractivity contribution is -0.117. The number of anilines is 1. The van der Waals surface area contributed by atoms with Gasteiger partial charge >= 0.3 is 0 Å². The van der Waals surface area contributed by atoms with Gasteiger partial charge in [0, 0.05) is 6.20 Å². The van der Waals surface area contributed by atoms with Crippen LogP contribution in [0.2, 0.25) is 0 Å². The predicted octanol–water partition coefficient (Wildman–Crippen LogP) is 3.27. The number of methoxy groups -OCH3 is 1. The number of benzene rings is 1. The SMILES string of the molecule is CCc1ccc(C(C)C(=O)Nc2nccc(OC)c2C#N)cc1. The molecule has 1 aromatic heterocycles. The molecule has 1 amide bonds. The van der Waals surface area contributed by atoms with Crippen molar-refractivity contribution in [2.24, 2.45) is 0 Å². The van der Waals surface area contributed by atoms with Crippen LogP contribution < -0.4 is 10.1 Å². The molecule has 0 aliphatic rings. The summed E-state index contributed by atoms with van der Waals surface area (Å²) in [6, 6.07) is 11.5. The van der Waals surface area contributed by atoms with Crippen LogP contribution in [0.15, 0.2) is 36.5 Å². The summed E-state index contributed by atoms with van der Waals surface area (Å²) in [6.07, 6.45) is 2.45. The first kappa shape index (κ1) is 16.5. The van der Waals surface area contributed by atoms with Gasteiger partial charge in [0.1, 0.15) is 17.4 Å². The molecule has 0 fully saturated rings. The number of hydrogen-bond acceptors (Lipinski definition) is 4. The Morgan fingerprint density at radius 1 is 1.35 bits per heavy atom. The van der Waals surface area contributed by atoms with Gasteiger partial charge in [-0.2, -0.15) is 5.26 Å². The molecule has 2 rings (SSSR count). The van der Waals surface area contributed by atoms with Crippen LogP contribution in [0, 0.1) is 11.3 Å². The molecule has 118 valence electrons. The van der Waals surface area contributed by atoms with Crippen LogP contribution in [-0.4, -0.2) is 18.0 Å². The Kier molecular flexibility index (Phi) is 5.32. The highest BCUT2D eigenvalue weighted by molar-refractivity contribution is 5.96. The highest BCUT2D eigenvalue weighted by Gasteiger charge is 2.18. The molecule has 23 heavy (non-hydrogen) atoms. The van der Waals surface area contributed by atoms with Crippen molar-refractivity contribution in [3.05, 3.63) is 53.2 Å². The number of hydrogen-bond donors (Lipinski definition) is 1. The largest absolute Gasteiger partial charge is 0.495 e. The second-order valence-electron chi connectivity index (χ2n) is 5.15. The Balaban J connectivity index is 2.20. The molecule has 1 N–H and O–H groups in total. The van der Waals surface area contributed by atoms with E-state index in [4.69, 9.17) is 4.74 Å². The number of ether oxygens (including phenoxy) is 1. The number of pyridine rings is 1. The maximum atomic E-state index is 12.4. The van der Waals surface area contributed by atoms with Crippen molar-refractivity contribution < 1.29 is 9.53 Å². The molecular weight excluding hydrogens is 290 g/mol. The fourth-order valence-corrected chi connectivity index (χ4v) is 2.24. The summed E-state index contributed by atoms with van der Waals surface area (Å²) in [6.45, 7) is 3.91. The van der Waals surface area contributed by atoms with E-state index in [0.29, 0.717) is 5.75 Å². The third-order valence-electron chi connectivity index (χ3n) is 3.77. The van der Waals surface area contributed by atoms with Crippen LogP contribution in [0.4, 0.5) is 5.82 Å². The van der Waals surface area contributed by atoms with E-state index in [-0.39, 0.29) is 23.2 Å². The first-order valence-corrected chi connectivity index (χ1v) is 7.43. The smallest absolute Gasteiger partial charge is 0.232 e. The maximum Gasteiger partial charge on any atom is 0.232 e. The zero-order chi connectivity index (χ0) is 16.8. The zero-order valence-corrected chi connectivity index (χ0v) is 13.5. The molecule has 0 bridgehead atoms. The third kappa shape index (κ3) is 3.67. The quantitative estimate of drug-likeness (QED) is 0.919. The van der Waals surface area contributed by atoms with Gasteiger partial charge < -0.3 is 10.1 Å². The van der Waals surface area contributed by atoms with Gasteiger partial charge in [0.05, 0.1) is 13.0 Å². The second kappa shape index (κ2) is 7.41. The number of rotatable bonds is 5. The summed E-state index contributed by atoms with van der Waals surface area (Å²) in [5, 5.41) is 11.9. The molecular formula is C18H19N3O2. The summed E-state index contributed by atoms with van der Waals surface area (Å²) in [4.78, 5) is 16.5. The Bertz CT molecular complexity index is 733. The van der Waals surface area contributed by atoms with Gasteiger partial charge in [-0.05, 0) is 30.5 Å². The van der Waals surface area contributed by atoms with Crippen LogP contribution in [0.25, 0.3) is 0 Å². The van der Waals surface area contributed by atoms with Gasteiger partial charge in [0.15, 0.2) is 5.82 Å². The van der Waals surface area contributed by atoms with Gasteiger partial charge in [-0.3, -0.25) is 4.79 Å². The average molecular weight is 309 g/mol. The van der Waals surface area contributed by atoms with Crippen LogP contribution >= 0.6 is 0 Å². The van der Waals surface area contributed by atoms with Crippen molar-refractivity contribution in [3.8, 4) is 11.8 Å². The molecule has 1 aromatic carbocycles. The molecule has 2 aromatic rings. The van der Waals surface area contributed by atoms with Gasteiger partial charge in [-0.15, -0.1) is 0 Å². The normalized spacial score (nSPS) is 11.4. The Hall–Kier alpha value is -2.87. The Morgan fingerprint density at radius 2 is 2.04 bits per heavy atom. The summed E-state index contributed by atoms with van der Waals surface area (Å²) in [5.74, 6) is 0.0404. The van der Waals surface area contributed by atoms with Gasteiger partial charge in [0.25, 0.3) is 0 Å². The van der Waals surface area contributed by atoms with E-state index in [1.54, 1.807) is 6.07 Å². The van der Waals surface area contributed by atoms with Gasteiger partial charge in [-0.1, -0.05) is 31.2 Å². The number of amides is 1. The molecule has 0 spiro atoms. The van der Waals surface area contributed by atoms with E-state index in [0.717, 1.165) is 12.0 Å². The van der Waals surface area contributed by atoms with Crippen LogP contribution in [0.5, 0.6) is 5.75 Å². The topological polar surface area (TPSA) is 75.0 Å². The number of aromatic nitrogens is 1. The van der Waals surface area contributed by atoms with Crippen molar-refractivity contribution >= 4 is 11.7 Å². The molecule has 1 atom stereocenters. The van der Waals surface area contributed by atoms with Crippen LogP contribution in [-0.2, 0) is 11.2 Å². The molecule has 5 nitrogen and oxygen atoms in total. The number of carbonyl (C=O) groups is 1. The van der Waals surface area contributed by atoms with Crippen LogP contribution in [0.3, 0.4) is 0 Å². The fraction of sp³-hybridized carbons (Fsp3) is 0.278. The molecule has 0 aliphatic heterocycles. The molecule has 0 radical (unpaired) electrons. The fourth-order valence-electron chi connectivity index (χ4n) is 2.24. The third-order valence-corrected chi connectivity index (χ3v) is 3.77. The van der Waals surface area contributed by atoms with E-state index in [9.17, 15) is 10.1 Å². The number of nitriles is 1. The van der Waals surface area contributed by atoms with Gasteiger partial charge in [-0.25, -0.2) is 4.98 Å². The van der Waals surface area contributed by atoms with Crippen molar-refractivity contribution in [2.45, 2.75) is 26.2 Å². The molecule has 0 aliphatic carbocycles. The molecule has 1 heterocycles. The molecule has 1 unspecified atom stereocenters. The number of nitrogens with zero attached hydrogens (tertiary/aromatic N) is 2. The summed E-state index contributed by atoms with van der Waals surface area (Å²) in [7, 11) is 1.47. The average Bonchev–Trinajstić information content (AvgIpc) is 2.60. The van der Waals surface area contributed by atoms with Crippen molar-refractivity contribution in [2.75, 3.05) is 12.4 Å². The van der Waals surface area contributed by atoms with E-state index in [1.165, 1.54) is 18.9 Å². The zero-order valence-electron chi connectivity index (χ0n) is 13.5. The van der Waals surface area contributed by atoms with E-state index >= 15 is 0 Å². The summed E-state index contributed by atoms with van der Waals surface area (Å²) >= 11 is 0. The van der Waals surface area contributed by atoms with Gasteiger partial charge in [0.2, 0.25) is 5.91 Å². The highest BCUT2D eigenvalue weighted by Crippen LogP contribution is 2.24. The minimum absolute atomic E-state index is 0.216. The maximum absolute atomic E-state index is 12.4. The Morgan fingerprint density at radius 3 is 2.61 bits per heavy atom. The van der Waals surface area contributed by atoms with E-state index < -0.39 is 0 Å². The van der Waals surface area contributed by atoms with Crippen molar-refractivity contribution in [1.29, 1.82) is 5.26 Å². The minimum Gasteiger partial charge on any atom is -0.495 e. The predicted molar refractivity (Wildman–Crippen MR) is 88.4 cm³/mol. The van der Waals surface area contributed by atoms with Crippen molar-refractivity contribution in [1.82, 2.24) is 4.98 Å². The van der Waals surface area contributed by atoms with E-state index in [2.05, 4.69) is 17.2 Å². The van der Waals surface area contributed by atoms with Crippen molar-refractivity contribution in [3.63, 3.8) is 0 Å². The lowest BCUT2D eigenvalue weighted by atomic mass is 9.98. The first-order valence-electron chi connectivity index (χ1n) is 7.43. The molecule has 0 saturated heterocycles. The molecule has 0 saturated carbocycles. The number of aryl methyl sites for hydroxylation is 1. The number of carbonyl (C=O) groups excluding carboxylic acids is 1. The molecule has 5 heteroatoms. The second-order valence-corrected chi connectivity index (χ2v) is 5.15. The van der Waals surface area contributed by atoms with E-state index in [1.807, 2.05) is 37.3 Å². The lowest BCUT2D eigenvalue weighted by Gasteiger charge is -2.14. The first-order chi connectivity index (χ1) is 11.1. The summed E-state index contributed by atoms with van der Waals surface area (Å²) < 4.78 is 5.12. The lowest BCUT2D eigenvalue weighted by Crippen LogP contribution is -2.20. The van der Waals surface area contributed by atoms with Crippen LogP contribution in [0.1, 0.15) is 36.5 Å².